The number of nitrogens with one attached hydrogen (secondary N) is 2. The molecular weight excluding hydrogens is 418 g/mol. The number of nitrogens with zero attached hydrogens (tertiary/aromatic N) is 3. The van der Waals surface area contributed by atoms with Crippen molar-refractivity contribution in [3.63, 3.8) is 0 Å². The van der Waals surface area contributed by atoms with Gasteiger partial charge in [-0.1, -0.05) is 18.2 Å². The van der Waals surface area contributed by atoms with E-state index in [1.807, 2.05) is 41.1 Å². The van der Waals surface area contributed by atoms with Crippen molar-refractivity contribution in [2.24, 2.45) is 0 Å². The maximum Gasteiger partial charge on any atom is 0.171 e. The molecule has 162 valence electrons. The second kappa shape index (κ2) is 9.25. The number of nitriles is 1. The second-order valence-electron chi connectivity index (χ2n) is 7.82. The van der Waals surface area contributed by atoms with Gasteiger partial charge in [0.15, 0.2) is 5.11 Å². The minimum Gasteiger partial charge on any atom is -0.497 e. The van der Waals surface area contributed by atoms with E-state index in [-0.39, 0.29) is 12.0 Å². The molecule has 1 heterocycles. The molecule has 0 amide bonds. The van der Waals surface area contributed by atoms with Gasteiger partial charge in [0, 0.05) is 28.9 Å². The van der Waals surface area contributed by atoms with E-state index < -0.39 is 0 Å². The van der Waals surface area contributed by atoms with Crippen molar-refractivity contribution in [3.8, 4) is 17.5 Å². The van der Waals surface area contributed by atoms with E-state index in [1.54, 1.807) is 19.2 Å². The van der Waals surface area contributed by atoms with Crippen molar-refractivity contribution in [3.05, 3.63) is 83.2 Å². The molecule has 2 N–H and O–H groups in total. The number of rotatable bonds is 5. The SMILES string of the molecule is COc1ccc(-n2nc(C)c([C@@H]3C=C[C@@H](NC(=S)Nc4cccc(C#N)c4)C3)c2C)cc1. The molecule has 1 aromatic heterocycles. The number of hydrogen-bond acceptors (Lipinski definition) is 4. The number of hydrogen-bond donors (Lipinski definition) is 2. The minimum atomic E-state index is 0.127. The van der Waals surface area contributed by atoms with Gasteiger partial charge in [0.2, 0.25) is 0 Å². The van der Waals surface area contributed by atoms with Crippen LogP contribution in [0.15, 0.2) is 60.7 Å². The zero-order valence-electron chi connectivity index (χ0n) is 18.3. The Morgan fingerprint density at radius 3 is 2.69 bits per heavy atom. The number of thiocarbonyl (C=S) groups is 1. The van der Waals surface area contributed by atoms with Crippen LogP contribution in [-0.2, 0) is 0 Å². The number of benzene rings is 2. The number of aryl methyl sites for hydroxylation is 1. The molecule has 0 aliphatic heterocycles. The second-order valence-corrected chi connectivity index (χ2v) is 8.23. The van der Waals surface area contributed by atoms with Crippen LogP contribution >= 0.6 is 12.2 Å². The molecule has 7 heteroatoms. The van der Waals surface area contributed by atoms with E-state index in [9.17, 15) is 0 Å². The van der Waals surface area contributed by atoms with Gasteiger partial charge >= 0.3 is 0 Å². The third kappa shape index (κ3) is 4.51. The lowest BCUT2D eigenvalue weighted by molar-refractivity contribution is 0.414. The Hall–Kier alpha value is -3.63. The van der Waals surface area contributed by atoms with Crippen LogP contribution in [0.1, 0.15) is 34.9 Å². The molecule has 32 heavy (non-hydrogen) atoms. The fraction of sp³-hybridized carbons (Fsp3) is 0.240. The fourth-order valence-corrected chi connectivity index (χ4v) is 4.46. The van der Waals surface area contributed by atoms with Gasteiger partial charge in [-0.2, -0.15) is 10.4 Å². The third-order valence-electron chi connectivity index (χ3n) is 5.68. The monoisotopic (exact) mass is 443 g/mol. The van der Waals surface area contributed by atoms with Crippen LogP contribution in [0.5, 0.6) is 5.75 Å². The van der Waals surface area contributed by atoms with Gasteiger partial charge in [-0.25, -0.2) is 4.68 Å². The largest absolute Gasteiger partial charge is 0.497 e. The lowest BCUT2D eigenvalue weighted by Gasteiger charge is -2.17. The lowest BCUT2D eigenvalue weighted by atomic mass is 9.96. The first-order chi connectivity index (χ1) is 15.5. The summed E-state index contributed by atoms with van der Waals surface area (Å²) in [6, 6.07) is 17.5. The van der Waals surface area contributed by atoms with Gasteiger partial charge in [-0.3, -0.25) is 0 Å². The summed E-state index contributed by atoms with van der Waals surface area (Å²) in [6.45, 7) is 4.17. The predicted octanol–water partition coefficient (Wildman–Crippen LogP) is 4.77. The molecule has 1 aliphatic rings. The number of methoxy groups -OCH3 is 1. The maximum absolute atomic E-state index is 9.06. The minimum absolute atomic E-state index is 0.127. The fourth-order valence-electron chi connectivity index (χ4n) is 4.19. The lowest BCUT2D eigenvalue weighted by Crippen LogP contribution is -2.35. The quantitative estimate of drug-likeness (QED) is 0.437. The normalized spacial score (nSPS) is 17.1. The van der Waals surface area contributed by atoms with Crippen LogP contribution in [0.3, 0.4) is 0 Å². The molecule has 0 radical (unpaired) electrons. The zero-order valence-corrected chi connectivity index (χ0v) is 19.1. The first-order valence-corrected chi connectivity index (χ1v) is 10.9. The molecule has 0 spiro atoms. The summed E-state index contributed by atoms with van der Waals surface area (Å²) in [6.07, 6.45) is 5.29. The molecule has 0 saturated carbocycles. The van der Waals surface area contributed by atoms with E-state index in [1.165, 1.54) is 5.56 Å². The van der Waals surface area contributed by atoms with E-state index >= 15 is 0 Å². The Balaban J connectivity index is 1.43. The van der Waals surface area contributed by atoms with Gasteiger partial charge < -0.3 is 15.4 Å². The summed E-state index contributed by atoms with van der Waals surface area (Å²) in [7, 11) is 1.66. The predicted molar refractivity (Wildman–Crippen MR) is 130 cm³/mol. The van der Waals surface area contributed by atoms with Crippen LogP contribution in [-0.4, -0.2) is 28.0 Å². The van der Waals surface area contributed by atoms with Gasteiger partial charge in [-0.05, 0) is 75.0 Å². The zero-order chi connectivity index (χ0) is 22.7. The van der Waals surface area contributed by atoms with Crippen LogP contribution in [0, 0.1) is 25.2 Å². The highest BCUT2D eigenvalue weighted by Crippen LogP contribution is 2.34. The topological polar surface area (TPSA) is 74.9 Å². The molecule has 1 aliphatic carbocycles. The highest BCUT2D eigenvalue weighted by Gasteiger charge is 2.26. The number of ether oxygens (including phenoxy) is 1. The Bertz CT molecular complexity index is 1210. The van der Waals surface area contributed by atoms with Crippen molar-refractivity contribution in [2.75, 3.05) is 12.4 Å². The summed E-state index contributed by atoms with van der Waals surface area (Å²) in [5.74, 6) is 1.09. The average molecular weight is 444 g/mol. The molecule has 0 bridgehead atoms. The van der Waals surface area contributed by atoms with Crippen molar-refractivity contribution >= 4 is 23.0 Å². The average Bonchev–Trinajstić information content (AvgIpc) is 3.36. The Kier molecular flexibility index (Phi) is 6.24. The Morgan fingerprint density at radius 1 is 1.19 bits per heavy atom. The Morgan fingerprint density at radius 2 is 1.97 bits per heavy atom. The summed E-state index contributed by atoms with van der Waals surface area (Å²) in [5.41, 5.74) is 5.83. The van der Waals surface area contributed by atoms with Crippen molar-refractivity contribution in [1.82, 2.24) is 15.1 Å². The summed E-state index contributed by atoms with van der Waals surface area (Å²) in [5, 5.41) is 20.9. The highest BCUT2D eigenvalue weighted by molar-refractivity contribution is 7.80. The molecule has 4 rings (SSSR count). The molecule has 3 aromatic rings. The number of anilines is 1. The van der Waals surface area contributed by atoms with Crippen LogP contribution < -0.4 is 15.4 Å². The van der Waals surface area contributed by atoms with Crippen molar-refractivity contribution in [1.29, 1.82) is 5.26 Å². The van der Waals surface area contributed by atoms with Gasteiger partial charge in [0.1, 0.15) is 5.75 Å². The van der Waals surface area contributed by atoms with E-state index in [0.29, 0.717) is 10.7 Å². The van der Waals surface area contributed by atoms with Crippen molar-refractivity contribution in [2.45, 2.75) is 32.2 Å². The van der Waals surface area contributed by atoms with Crippen LogP contribution in [0.25, 0.3) is 5.69 Å². The molecule has 2 atom stereocenters. The molecule has 0 fully saturated rings. The first-order valence-electron chi connectivity index (χ1n) is 10.4. The summed E-state index contributed by atoms with van der Waals surface area (Å²) < 4.78 is 7.26. The Labute approximate surface area is 193 Å². The smallest absolute Gasteiger partial charge is 0.171 e. The molecule has 6 nitrogen and oxygen atoms in total. The van der Waals surface area contributed by atoms with E-state index in [0.717, 1.165) is 34.9 Å². The molecule has 2 aromatic carbocycles. The summed E-state index contributed by atoms with van der Waals surface area (Å²) in [4.78, 5) is 0. The summed E-state index contributed by atoms with van der Waals surface area (Å²) >= 11 is 5.48. The van der Waals surface area contributed by atoms with Gasteiger partial charge in [0.25, 0.3) is 0 Å². The van der Waals surface area contributed by atoms with Gasteiger partial charge in [-0.15, -0.1) is 0 Å². The van der Waals surface area contributed by atoms with Gasteiger partial charge in [0.05, 0.1) is 30.1 Å². The number of aromatic nitrogens is 2. The number of allylic oxidation sites excluding steroid dienone is 1. The maximum atomic E-state index is 9.06. The van der Waals surface area contributed by atoms with Crippen LogP contribution in [0.4, 0.5) is 5.69 Å². The van der Waals surface area contributed by atoms with E-state index in [2.05, 4.69) is 42.7 Å². The van der Waals surface area contributed by atoms with Crippen molar-refractivity contribution < 1.29 is 4.74 Å². The first kappa shape index (κ1) is 21.6. The standard InChI is InChI=1S/C25H25N5OS/c1-16-24(17(2)30(29-16)22-9-11-23(31-3)12-10-22)19-7-8-21(14-19)28-25(32)27-20-6-4-5-18(13-20)15-26/h4-13,19,21H,14H2,1-3H3,(H2,27,28,32)/t19-,21-/m1/s1. The molecule has 0 saturated heterocycles. The third-order valence-corrected chi connectivity index (χ3v) is 5.90. The molecule has 0 unspecified atom stereocenters. The molecular formula is C25H25N5OS. The van der Waals surface area contributed by atoms with E-state index in [4.69, 9.17) is 27.3 Å². The van der Waals surface area contributed by atoms with Crippen LogP contribution in [0.2, 0.25) is 0 Å². The highest BCUT2D eigenvalue weighted by atomic mass is 32.1.